The number of thiophene rings is 1. The summed E-state index contributed by atoms with van der Waals surface area (Å²) in [5, 5.41) is 3.73. The fourth-order valence-electron chi connectivity index (χ4n) is 3.73. The molecule has 0 bridgehead atoms. The first-order valence-electron chi connectivity index (χ1n) is 10.8. The first-order valence-corrected chi connectivity index (χ1v) is 13.1. The van der Waals surface area contributed by atoms with Gasteiger partial charge in [-0.3, -0.25) is 9.10 Å². The highest BCUT2D eigenvalue weighted by molar-refractivity contribution is 7.92. The molecule has 0 aliphatic heterocycles. The van der Waals surface area contributed by atoms with E-state index < -0.39 is 10.0 Å². The van der Waals surface area contributed by atoms with Crippen LogP contribution in [-0.4, -0.2) is 28.0 Å². The van der Waals surface area contributed by atoms with Crippen molar-refractivity contribution in [1.82, 2.24) is 0 Å². The quantitative estimate of drug-likeness (QED) is 0.342. The third-order valence-electron chi connectivity index (χ3n) is 5.51. The topological polar surface area (TPSA) is 75.7 Å². The molecule has 8 heteroatoms. The number of hydrogen-bond acceptors (Lipinski definition) is 5. The van der Waals surface area contributed by atoms with Gasteiger partial charge >= 0.3 is 0 Å². The Kier molecular flexibility index (Phi) is 6.63. The molecular weight excluding hydrogens is 468 g/mol. The van der Waals surface area contributed by atoms with E-state index in [9.17, 15) is 13.2 Å². The number of nitrogens with zero attached hydrogens (tertiary/aromatic N) is 1. The first kappa shape index (κ1) is 23.8. The predicted octanol–water partition coefficient (Wildman–Crippen LogP) is 5.99. The molecule has 176 valence electrons. The molecule has 6 nitrogen and oxygen atoms in total. The Morgan fingerprint density at radius 3 is 2.35 bits per heavy atom. The van der Waals surface area contributed by atoms with Crippen LogP contribution in [0.15, 0.2) is 71.6 Å². The third kappa shape index (κ3) is 4.64. The lowest BCUT2D eigenvalue weighted by Gasteiger charge is -2.23. The maximum absolute atomic E-state index is 13.3. The number of nitrogens with one attached hydrogen (secondary N) is 1. The zero-order valence-corrected chi connectivity index (χ0v) is 21.1. The standard InChI is InChI=1S/C26H26N2O4S2/c1-5-28(34(30,31)21-10-6-17(2)7-11-21)20-9-13-24-19(15-20)16-25(33-24)26(29)27-22-14-18(3)8-12-23(22)32-4/h6-16H,5H2,1-4H3,(H,27,29). The van der Waals surface area contributed by atoms with Crippen LogP contribution in [0.2, 0.25) is 0 Å². The van der Waals surface area contributed by atoms with Crippen LogP contribution in [0.1, 0.15) is 27.7 Å². The molecule has 0 radical (unpaired) electrons. The molecular formula is C26H26N2O4S2. The molecule has 0 spiro atoms. The number of ether oxygens (including phenoxy) is 1. The molecule has 1 aromatic heterocycles. The summed E-state index contributed by atoms with van der Waals surface area (Å²) < 4.78 is 34.2. The number of sulfonamides is 1. The van der Waals surface area contributed by atoms with Crippen molar-refractivity contribution in [3.8, 4) is 5.75 Å². The number of aryl methyl sites for hydroxylation is 2. The van der Waals surface area contributed by atoms with Crippen LogP contribution in [0.3, 0.4) is 0 Å². The molecule has 0 atom stereocenters. The molecule has 0 saturated carbocycles. The molecule has 4 rings (SSSR count). The largest absolute Gasteiger partial charge is 0.495 e. The van der Waals surface area contributed by atoms with Gasteiger partial charge in [-0.25, -0.2) is 8.42 Å². The minimum Gasteiger partial charge on any atom is -0.495 e. The lowest BCUT2D eigenvalue weighted by atomic mass is 10.2. The molecule has 1 amide bonds. The van der Waals surface area contributed by atoms with E-state index in [0.29, 0.717) is 22.0 Å². The molecule has 0 aliphatic rings. The molecule has 1 heterocycles. The Morgan fingerprint density at radius 2 is 1.68 bits per heavy atom. The van der Waals surface area contributed by atoms with Gasteiger partial charge in [-0.2, -0.15) is 0 Å². The van der Waals surface area contributed by atoms with Gasteiger partial charge in [0.15, 0.2) is 0 Å². The summed E-state index contributed by atoms with van der Waals surface area (Å²) in [4.78, 5) is 13.7. The van der Waals surface area contributed by atoms with E-state index in [1.165, 1.54) is 15.6 Å². The van der Waals surface area contributed by atoms with Gasteiger partial charge in [-0.1, -0.05) is 23.8 Å². The van der Waals surface area contributed by atoms with Gasteiger partial charge < -0.3 is 10.1 Å². The molecule has 0 aliphatic carbocycles. The number of amides is 1. The summed E-state index contributed by atoms with van der Waals surface area (Å²) in [5.41, 5.74) is 3.16. The van der Waals surface area contributed by atoms with Crippen LogP contribution >= 0.6 is 11.3 Å². The van der Waals surface area contributed by atoms with Crippen LogP contribution in [-0.2, 0) is 10.0 Å². The number of methoxy groups -OCH3 is 1. The molecule has 0 saturated heterocycles. The summed E-state index contributed by atoms with van der Waals surface area (Å²) >= 11 is 1.35. The number of carbonyl (C=O) groups excluding carboxylic acids is 1. The van der Waals surface area contributed by atoms with E-state index >= 15 is 0 Å². The number of benzene rings is 3. The van der Waals surface area contributed by atoms with Gasteiger partial charge in [-0.05, 0) is 80.3 Å². The summed E-state index contributed by atoms with van der Waals surface area (Å²) in [6.07, 6.45) is 0. The Balaban J connectivity index is 1.64. The maximum atomic E-state index is 13.3. The van der Waals surface area contributed by atoms with Gasteiger partial charge in [0.2, 0.25) is 0 Å². The van der Waals surface area contributed by atoms with Crippen molar-refractivity contribution in [1.29, 1.82) is 0 Å². The molecule has 1 N–H and O–H groups in total. The SMILES string of the molecule is CCN(c1ccc2sc(C(=O)Nc3cc(C)ccc3OC)cc2c1)S(=O)(=O)c1ccc(C)cc1. The Morgan fingerprint density at radius 1 is 0.971 bits per heavy atom. The smallest absolute Gasteiger partial charge is 0.265 e. The van der Waals surface area contributed by atoms with Gasteiger partial charge in [0.1, 0.15) is 5.75 Å². The average Bonchev–Trinajstić information content (AvgIpc) is 3.24. The normalized spacial score (nSPS) is 11.4. The van der Waals surface area contributed by atoms with Crippen molar-refractivity contribution in [3.05, 3.63) is 82.7 Å². The first-order chi connectivity index (χ1) is 16.2. The second-order valence-corrected chi connectivity index (χ2v) is 10.9. The molecule has 0 fully saturated rings. The van der Waals surface area contributed by atoms with Crippen LogP contribution in [0.5, 0.6) is 5.75 Å². The fourth-order valence-corrected chi connectivity index (χ4v) is 6.13. The van der Waals surface area contributed by atoms with Crippen molar-refractivity contribution in [3.63, 3.8) is 0 Å². The molecule has 3 aromatic carbocycles. The van der Waals surface area contributed by atoms with E-state index in [1.54, 1.807) is 50.4 Å². The fraction of sp³-hybridized carbons (Fsp3) is 0.192. The zero-order valence-electron chi connectivity index (χ0n) is 19.5. The van der Waals surface area contributed by atoms with Crippen molar-refractivity contribution in [2.45, 2.75) is 25.7 Å². The van der Waals surface area contributed by atoms with Gasteiger partial charge in [0.25, 0.3) is 15.9 Å². The van der Waals surface area contributed by atoms with E-state index in [0.717, 1.165) is 21.2 Å². The van der Waals surface area contributed by atoms with Crippen molar-refractivity contribution in [2.75, 3.05) is 23.3 Å². The lowest BCUT2D eigenvalue weighted by Crippen LogP contribution is -2.30. The van der Waals surface area contributed by atoms with E-state index in [-0.39, 0.29) is 17.3 Å². The molecule has 4 aromatic rings. The highest BCUT2D eigenvalue weighted by atomic mass is 32.2. The van der Waals surface area contributed by atoms with E-state index in [2.05, 4.69) is 5.32 Å². The Labute approximate surface area is 203 Å². The maximum Gasteiger partial charge on any atom is 0.265 e. The third-order valence-corrected chi connectivity index (χ3v) is 8.54. The number of rotatable bonds is 7. The summed E-state index contributed by atoms with van der Waals surface area (Å²) in [5.74, 6) is 0.341. The van der Waals surface area contributed by atoms with E-state index in [1.807, 2.05) is 44.2 Å². The number of anilines is 2. The second kappa shape index (κ2) is 9.48. The summed E-state index contributed by atoms with van der Waals surface area (Å²) in [6, 6.07) is 19.6. The zero-order chi connectivity index (χ0) is 24.5. The monoisotopic (exact) mass is 494 g/mol. The number of hydrogen-bond donors (Lipinski definition) is 1. The number of fused-ring (bicyclic) bond motifs is 1. The van der Waals surface area contributed by atoms with Gasteiger partial charge in [0, 0.05) is 11.2 Å². The summed E-state index contributed by atoms with van der Waals surface area (Å²) in [6.45, 7) is 5.95. The minimum absolute atomic E-state index is 0.244. The second-order valence-electron chi connectivity index (χ2n) is 7.97. The molecule has 0 unspecified atom stereocenters. The lowest BCUT2D eigenvalue weighted by molar-refractivity contribution is 0.103. The van der Waals surface area contributed by atoms with Gasteiger partial charge in [0.05, 0.1) is 28.3 Å². The van der Waals surface area contributed by atoms with Crippen molar-refractivity contribution >= 4 is 48.7 Å². The number of carbonyl (C=O) groups is 1. The van der Waals surface area contributed by atoms with Crippen LogP contribution in [0.25, 0.3) is 10.1 Å². The van der Waals surface area contributed by atoms with Crippen LogP contribution in [0.4, 0.5) is 11.4 Å². The highest BCUT2D eigenvalue weighted by Crippen LogP contribution is 2.33. The summed E-state index contributed by atoms with van der Waals surface area (Å²) in [7, 11) is -2.15. The van der Waals surface area contributed by atoms with Gasteiger partial charge in [-0.15, -0.1) is 11.3 Å². The molecule has 34 heavy (non-hydrogen) atoms. The minimum atomic E-state index is -3.71. The Hall–Kier alpha value is -3.36. The van der Waals surface area contributed by atoms with Crippen LogP contribution in [0, 0.1) is 13.8 Å². The predicted molar refractivity (Wildman–Crippen MR) is 139 cm³/mol. The average molecular weight is 495 g/mol. The highest BCUT2D eigenvalue weighted by Gasteiger charge is 2.24. The Bertz CT molecular complexity index is 1460. The van der Waals surface area contributed by atoms with E-state index in [4.69, 9.17) is 4.74 Å². The van der Waals surface area contributed by atoms with Crippen molar-refractivity contribution in [2.24, 2.45) is 0 Å². The van der Waals surface area contributed by atoms with Crippen LogP contribution < -0.4 is 14.4 Å². The van der Waals surface area contributed by atoms with Crippen molar-refractivity contribution < 1.29 is 17.9 Å².